The number of aromatic nitrogens is 2. The Bertz CT molecular complexity index is 384. The Morgan fingerprint density at radius 3 is 1.32 bits per heavy atom. The zero-order chi connectivity index (χ0) is 11.8. The van der Waals surface area contributed by atoms with Gasteiger partial charge in [-0.2, -0.15) is 0 Å². The van der Waals surface area contributed by atoms with Gasteiger partial charge in [0.25, 0.3) is 0 Å². The summed E-state index contributed by atoms with van der Waals surface area (Å²) in [4.78, 5) is 0. The van der Waals surface area contributed by atoms with E-state index >= 15 is 0 Å². The summed E-state index contributed by atoms with van der Waals surface area (Å²) in [6, 6.07) is 12.1. The fraction of sp³-hybridized carbons (Fsp3) is 0.286. The van der Waals surface area contributed by atoms with Crippen molar-refractivity contribution in [2.75, 3.05) is 13.2 Å². The lowest BCUT2D eigenvalue weighted by atomic mass is 10.5. The summed E-state index contributed by atoms with van der Waals surface area (Å²) in [5.74, 6) is 0. The van der Waals surface area contributed by atoms with Gasteiger partial charge in [0.05, 0.1) is 0 Å². The van der Waals surface area contributed by atoms with E-state index in [1.807, 2.05) is 36.4 Å². The van der Waals surface area contributed by atoms with Gasteiger partial charge in [0, 0.05) is 24.3 Å². The topological polar surface area (TPSA) is 17.0 Å². The van der Waals surface area contributed by atoms with Gasteiger partial charge >= 0.3 is 0 Å². The van der Waals surface area contributed by atoms with Crippen molar-refractivity contribution in [3.63, 3.8) is 0 Å². The highest BCUT2D eigenvalue weighted by Crippen LogP contribution is 1.81. The summed E-state index contributed by atoms with van der Waals surface area (Å²) in [5, 5.41) is 0. The molecular formula is C14H18Br2N2O. The minimum atomic E-state index is 0. The standard InChI is InChI=1S/C14H18N2O.2BrH/c1-3-7-15(8-4-1)11-13-17-14-12-16-9-5-2-6-10-16;;/h1-10H,11-14H2;2*1H/q+2;;/p-2. The molecule has 0 aromatic carbocycles. The SMILES string of the molecule is [Br-].[Br-].c1cc[n+](CCOCC[n+]2ccccc2)cc1. The maximum Gasteiger partial charge on any atom is 0.171 e. The fourth-order valence-corrected chi connectivity index (χ4v) is 1.61. The first-order valence-electron chi connectivity index (χ1n) is 5.91. The van der Waals surface area contributed by atoms with Crippen LogP contribution < -0.4 is 43.1 Å². The van der Waals surface area contributed by atoms with Crippen molar-refractivity contribution in [3.05, 3.63) is 61.2 Å². The predicted octanol–water partition coefficient (Wildman–Crippen LogP) is -5.01. The molecule has 0 saturated carbocycles. The van der Waals surface area contributed by atoms with Crippen LogP contribution in [0.4, 0.5) is 0 Å². The van der Waals surface area contributed by atoms with Crippen LogP contribution in [0.3, 0.4) is 0 Å². The highest BCUT2D eigenvalue weighted by atomic mass is 79.9. The number of nitrogens with zero attached hydrogens (tertiary/aromatic N) is 2. The van der Waals surface area contributed by atoms with Crippen LogP contribution in [0.1, 0.15) is 0 Å². The predicted molar refractivity (Wildman–Crippen MR) is 64.1 cm³/mol. The van der Waals surface area contributed by atoms with E-state index in [0.717, 1.165) is 26.3 Å². The molecule has 3 nitrogen and oxygen atoms in total. The maximum atomic E-state index is 5.60. The Balaban J connectivity index is 0.00000162. The largest absolute Gasteiger partial charge is 1.00 e. The molecule has 0 bridgehead atoms. The minimum Gasteiger partial charge on any atom is -1.00 e. The maximum absolute atomic E-state index is 5.60. The van der Waals surface area contributed by atoms with Crippen LogP contribution in [0, 0.1) is 0 Å². The van der Waals surface area contributed by atoms with Crippen LogP contribution in [0.25, 0.3) is 0 Å². The molecule has 2 heterocycles. The second-order valence-corrected chi connectivity index (χ2v) is 3.84. The fourth-order valence-electron chi connectivity index (χ4n) is 1.61. The van der Waals surface area contributed by atoms with Crippen LogP contribution in [0.2, 0.25) is 0 Å². The van der Waals surface area contributed by atoms with E-state index in [0.29, 0.717) is 0 Å². The zero-order valence-corrected chi connectivity index (χ0v) is 13.8. The van der Waals surface area contributed by atoms with Gasteiger partial charge in [0.1, 0.15) is 13.2 Å². The van der Waals surface area contributed by atoms with Crippen LogP contribution in [-0.4, -0.2) is 13.2 Å². The lowest BCUT2D eigenvalue weighted by Gasteiger charge is -1.99. The van der Waals surface area contributed by atoms with Crippen molar-refractivity contribution in [2.24, 2.45) is 0 Å². The number of hydrogen-bond acceptors (Lipinski definition) is 1. The molecule has 0 radical (unpaired) electrons. The van der Waals surface area contributed by atoms with E-state index in [1.54, 1.807) is 0 Å². The highest BCUT2D eigenvalue weighted by Gasteiger charge is 2.00. The Hall–Kier alpha value is -0.780. The average molecular weight is 390 g/mol. The number of hydrogen-bond donors (Lipinski definition) is 0. The number of ether oxygens (including phenoxy) is 1. The molecule has 2 rings (SSSR count). The zero-order valence-electron chi connectivity index (χ0n) is 10.7. The summed E-state index contributed by atoms with van der Waals surface area (Å²) in [6.07, 6.45) is 8.20. The van der Waals surface area contributed by atoms with Crippen LogP contribution >= 0.6 is 0 Å². The van der Waals surface area contributed by atoms with Gasteiger partial charge in [-0.05, 0) is 0 Å². The van der Waals surface area contributed by atoms with E-state index < -0.39 is 0 Å². The van der Waals surface area contributed by atoms with Crippen LogP contribution in [0.15, 0.2) is 61.2 Å². The molecule has 0 fully saturated rings. The molecule has 0 aliphatic carbocycles. The second-order valence-electron chi connectivity index (χ2n) is 3.84. The highest BCUT2D eigenvalue weighted by molar-refractivity contribution is 4.84. The molecule has 0 atom stereocenters. The van der Waals surface area contributed by atoms with Gasteiger partial charge in [0.2, 0.25) is 0 Å². The molecular weight excluding hydrogens is 372 g/mol. The Morgan fingerprint density at radius 2 is 0.947 bits per heavy atom. The molecule has 0 aliphatic rings. The third kappa shape index (κ3) is 7.40. The molecule has 0 N–H and O–H groups in total. The van der Waals surface area contributed by atoms with Gasteiger partial charge in [0.15, 0.2) is 37.9 Å². The molecule has 19 heavy (non-hydrogen) atoms. The second kappa shape index (κ2) is 11.1. The van der Waals surface area contributed by atoms with Crippen molar-refractivity contribution in [2.45, 2.75) is 13.1 Å². The Kier molecular flexibility index (Phi) is 10.6. The van der Waals surface area contributed by atoms with Crippen molar-refractivity contribution >= 4 is 0 Å². The lowest BCUT2D eigenvalue weighted by molar-refractivity contribution is -0.705. The molecule has 2 aromatic rings. The van der Waals surface area contributed by atoms with E-state index in [1.165, 1.54) is 0 Å². The van der Waals surface area contributed by atoms with E-state index in [2.05, 4.69) is 33.9 Å². The first-order valence-corrected chi connectivity index (χ1v) is 5.91. The van der Waals surface area contributed by atoms with Gasteiger partial charge < -0.3 is 38.7 Å². The summed E-state index contributed by atoms with van der Waals surface area (Å²) in [7, 11) is 0. The third-order valence-corrected chi connectivity index (χ3v) is 2.54. The number of rotatable bonds is 6. The molecule has 104 valence electrons. The van der Waals surface area contributed by atoms with Crippen molar-refractivity contribution in [1.82, 2.24) is 0 Å². The van der Waals surface area contributed by atoms with E-state index in [-0.39, 0.29) is 34.0 Å². The number of halogens is 2. The normalized spacial score (nSPS) is 9.26. The molecule has 0 unspecified atom stereocenters. The summed E-state index contributed by atoms with van der Waals surface area (Å²) in [5.41, 5.74) is 0. The van der Waals surface area contributed by atoms with Crippen molar-refractivity contribution < 1.29 is 47.8 Å². The van der Waals surface area contributed by atoms with E-state index in [9.17, 15) is 0 Å². The van der Waals surface area contributed by atoms with Crippen molar-refractivity contribution in [1.29, 1.82) is 0 Å². The molecule has 2 aromatic heterocycles. The quantitative estimate of drug-likeness (QED) is 0.357. The van der Waals surface area contributed by atoms with Gasteiger partial charge in [-0.25, -0.2) is 9.13 Å². The first-order chi connectivity index (χ1) is 8.45. The molecule has 5 heteroatoms. The molecule has 0 amide bonds. The summed E-state index contributed by atoms with van der Waals surface area (Å²) >= 11 is 0. The summed E-state index contributed by atoms with van der Waals surface area (Å²) < 4.78 is 9.84. The summed E-state index contributed by atoms with van der Waals surface area (Å²) in [6.45, 7) is 3.31. The van der Waals surface area contributed by atoms with Gasteiger partial charge in [-0.3, -0.25) is 0 Å². The van der Waals surface area contributed by atoms with Crippen LogP contribution in [0.5, 0.6) is 0 Å². The van der Waals surface area contributed by atoms with Crippen molar-refractivity contribution in [3.8, 4) is 0 Å². The Labute approximate surface area is 135 Å². The smallest absolute Gasteiger partial charge is 0.171 e. The molecule has 0 aliphatic heterocycles. The number of pyridine rings is 2. The lowest BCUT2D eigenvalue weighted by Crippen LogP contribution is -3.00. The van der Waals surface area contributed by atoms with Gasteiger partial charge in [-0.15, -0.1) is 0 Å². The first kappa shape index (κ1) is 18.2. The third-order valence-electron chi connectivity index (χ3n) is 2.54. The Morgan fingerprint density at radius 1 is 0.579 bits per heavy atom. The monoisotopic (exact) mass is 388 g/mol. The average Bonchev–Trinajstić information content (AvgIpc) is 2.41. The minimum absolute atomic E-state index is 0. The molecule has 0 spiro atoms. The van der Waals surface area contributed by atoms with Gasteiger partial charge in [-0.1, -0.05) is 12.1 Å². The molecule has 0 saturated heterocycles. The van der Waals surface area contributed by atoms with Crippen LogP contribution in [-0.2, 0) is 17.8 Å². The van der Waals surface area contributed by atoms with E-state index in [4.69, 9.17) is 4.74 Å².